The van der Waals surface area contributed by atoms with Crippen LogP contribution in [0.2, 0.25) is 10.3 Å². The third-order valence-corrected chi connectivity index (χ3v) is 2.46. The van der Waals surface area contributed by atoms with Gasteiger partial charge in [0.1, 0.15) is 16.4 Å². The Morgan fingerprint density at radius 3 is 2.47 bits per heavy atom. The highest BCUT2D eigenvalue weighted by Gasteiger charge is 2.20. The summed E-state index contributed by atoms with van der Waals surface area (Å²) in [6.45, 7) is -0.211. The van der Waals surface area contributed by atoms with Crippen molar-refractivity contribution < 1.29 is 15.3 Å². The lowest BCUT2D eigenvalue weighted by atomic mass is 10.0. The number of nitrogens with zero attached hydrogens (tertiary/aromatic N) is 1. The zero-order chi connectivity index (χ0) is 11.4. The molecule has 1 aromatic heterocycles. The van der Waals surface area contributed by atoms with Crippen LogP contribution in [0, 0.1) is 0 Å². The van der Waals surface area contributed by atoms with Gasteiger partial charge >= 0.3 is 0 Å². The van der Waals surface area contributed by atoms with E-state index in [0.717, 1.165) is 0 Å². The minimum Gasteiger partial charge on any atom is -0.396 e. The molecule has 0 aliphatic heterocycles. The summed E-state index contributed by atoms with van der Waals surface area (Å²) in [5.74, 6) is 0. The predicted molar refractivity (Wildman–Crippen MR) is 56.9 cm³/mol. The maximum atomic E-state index is 9.66. The number of hydrogen-bond donors (Lipinski definition) is 3. The van der Waals surface area contributed by atoms with Crippen LogP contribution in [0.4, 0.5) is 0 Å². The molecule has 4 nitrogen and oxygen atoms in total. The summed E-state index contributed by atoms with van der Waals surface area (Å²) in [6, 6.07) is 2.96. The van der Waals surface area contributed by atoms with Gasteiger partial charge in [-0.1, -0.05) is 29.3 Å². The highest BCUT2D eigenvalue weighted by atomic mass is 35.5. The van der Waals surface area contributed by atoms with Gasteiger partial charge in [-0.05, 0) is 12.5 Å². The number of hydrogen-bond acceptors (Lipinski definition) is 4. The molecule has 0 aliphatic rings. The van der Waals surface area contributed by atoms with Crippen molar-refractivity contribution >= 4 is 23.2 Å². The van der Waals surface area contributed by atoms with Crippen molar-refractivity contribution in [2.45, 2.75) is 18.6 Å². The highest BCUT2D eigenvalue weighted by molar-refractivity contribution is 6.32. The van der Waals surface area contributed by atoms with Crippen molar-refractivity contribution in [2.75, 3.05) is 6.61 Å². The van der Waals surface area contributed by atoms with Crippen LogP contribution >= 0.6 is 23.2 Å². The van der Waals surface area contributed by atoms with Gasteiger partial charge < -0.3 is 15.3 Å². The van der Waals surface area contributed by atoms with Gasteiger partial charge in [-0.15, -0.1) is 0 Å². The van der Waals surface area contributed by atoms with E-state index in [1.54, 1.807) is 0 Å². The second kappa shape index (κ2) is 5.63. The fourth-order valence-corrected chi connectivity index (χ4v) is 1.60. The highest BCUT2D eigenvalue weighted by Crippen LogP contribution is 2.26. The third kappa shape index (κ3) is 3.29. The molecule has 0 aromatic carbocycles. The maximum absolute atomic E-state index is 9.66. The Morgan fingerprint density at radius 2 is 1.93 bits per heavy atom. The van der Waals surface area contributed by atoms with Crippen molar-refractivity contribution in [3.05, 3.63) is 28.0 Å². The average molecular weight is 252 g/mol. The van der Waals surface area contributed by atoms with Gasteiger partial charge in [0.2, 0.25) is 0 Å². The van der Waals surface area contributed by atoms with E-state index in [2.05, 4.69) is 4.98 Å². The van der Waals surface area contributed by atoms with Gasteiger partial charge in [-0.2, -0.15) is 0 Å². The molecule has 0 saturated carbocycles. The van der Waals surface area contributed by atoms with Gasteiger partial charge in [0, 0.05) is 12.2 Å². The van der Waals surface area contributed by atoms with Crippen LogP contribution in [0.3, 0.4) is 0 Å². The molecule has 0 bridgehead atoms. The quantitative estimate of drug-likeness (QED) is 0.703. The molecule has 3 N–H and O–H groups in total. The van der Waals surface area contributed by atoms with E-state index in [4.69, 9.17) is 28.3 Å². The molecule has 0 aliphatic carbocycles. The standard InChI is InChI=1S/C9H11Cl2NO3/c10-7-2-1-5(9(11)12-7)8(15)6(14)3-4-13/h1-2,6,8,13-15H,3-4H2. The van der Waals surface area contributed by atoms with E-state index in [-0.39, 0.29) is 23.3 Å². The van der Waals surface area contributed by atoms with Gasteiger partial charge in [0.25, 0.3) is 0 Å². The van der Waals surface area contributed by atoms with Crippen LogP contribution in [-0.4, -0.2) is 33.0 Å². The molecular formula is C9H11Cl2NO3. The lowest BCUT2D eigenvalue weighted by Gasteiger charge is -2.17. The molecule has 1 aromatic rings. The van der Waals surface area contributed by atoms with Crippen molar-refractivity contribution in [3.63, 3.8) is 0 Å². The second-order valence-corrected chi connectivity index (χ2v) is 3.78. The van der Waals surface area contributed by atoms with Crippen LogP contribution < -0.4 is 0 Å². The zero-order valence-corrected chi connectivity index (χ0v) is 9.28. The molecule has 6 heteroatoms. The Bertz CT molecular complexity index is 335. The smallest absolute Gasteiger partial charge is 0.136 e. The van der Waals surface area contributed by atoms with Crippen LogP contribution in [0.25, 0.3) is 0 Å². The van der Waals surface area contributed by atoms with Crippen LogP contribution in [0.5, 0.6) is 0 Å². The summed E-state index contributed by atoms with van der Waals surface area (Å²) < 4.78 is 0. The average Bonchev–Trinajstić information content (AvgIpc) is 2.17. The third-order valence-electron chi connectivity index (χ3n) is 1.95. The maximum Gasteiger partial charge on any atom is 0.136 e. The molecule has 84 valence electrons. The Labute approximate surface area is 97.1 Å². The summed E-state index contributed by atoms with van der Waals surface area (Å²) in [6.07, 6.45) is -2.18. The Hall–Kier alpha value is -0.390. The molecule has 0 spiro atoms. The van der Waals surface area contributed by atoms with E-state index in [9.17, 15) is 10.2 Å². The summed E-state index contributed by atoms with van der Waals surface area (Å²) in [4.78, 5) is 3.73. The topological polar surface area (TPSA) is 73.6 Å². The Kier molecular flexibility index (Phi) is 4.76. The summed E-state index contributed by atoms with van der Waals surface area (Å²) in [5, 5.41) is 28.0. The first kappa shape index (κ1) is 12.7. The number of rotatable bonds is 4. The van der Waals surface area contributed by atoms with E-state index in [1.165, 1.54) is 12.1 Å². The van der Waals surface area contributed by atoms with E-state index < -0.39 is 12.2 Å². The predicted octanol–water partition coefficient (Wildman–Crippen LogP) is 1.17. The zero-order valence-electron chi connectivity index (χ0n) is 7.77. The second-order valence-electron chi connectivity index (χ2n) is 3.04. The van der Waals surface area contributed by atoms with Crippen LogP contribution in [-0.2, 0) is 0 Å². The van der Waals surface area contributed by atoms with Gasteiger partial charge in [-0.25, -0.2) is 4.98 Å². The monoisotopic (exact) mass is 251 g/mol. The van der Waals surface area contributed by atoms with Crippen molar-refractivity contribution in [1.82, 2.24) is 4.98 Å². The van der Waals surface area contributed by atoms with Gasteiger partial charge in [0.15, 0.2) is 0 Å². The number of pyridine rings is 1. The molecule has 0 fully saturated rings. The van der Waals surface area contributed by atoms with Gasteiger partial charge in [-0.3, -0.25) is 0 Å². The summed E-state index contributed by atoms with van der Waals surface area (Å²) in [7, 11) is 0. The van der Waals surface area contributed by atoms with Crippen molar-refractivity contribution in [2.24, 2.45) is 0 Å². The lowest BCUT2D eigenvalue weighted by molar-refractivity contribution is 0.00410. The van der Waals surface area contributed by atoms with E-state index >= 15 is 0 Å². The Morgan fingerprint density at radius 1 is 1.27 bits per heavy atom. The normalized spacial score (nSPS) is 15.0. The SMILES string of the molecule is OCCC(O)C(O)c1ccc(Cl)nc1Cl. The van der Waals surface area contributed by atoms with Crippen LogP contribution in [0.15, 0.2) is 12.1 Å². The number of aliphatic hydroxyl groups is 3. The molecule has 0 radical (unpaired) electrons. The molecule has 1 rings (SSSR count). The first-order chi connectivity index (χ1) is 7.06. The first-order valence-corrected chi connectivity index (χ1v) is 5.10. The molecular weight excluding hydrogens is 241 g/mol. The largest absolute Gasteiger partial charge is 0.396 e. The fourth-order valence-electron chi connectivity index (χ4n) is 1.14. The summed E-state index contributed by atoms with van der Waals surface area (Å²) in [5.41, 5.74) is 0.294. The molecule has 0 amide bonds. The van der Waals surface area contributed by atoms with Crippen molar-refractivity contribution in [3.8, 4) is 0 Å². The van der Waals surface area contributed by atoms with Crippen molar-refractivity contribution in [1.29, 1.82) is 0 Å². The lowest BCUT2D eigenvalue weighted by Crippen LogP contribution is -2.20. The van der Waals surface area contributed by atoms with Crippen LogP contribution in [0.1, 0.15) is 18.1 Å². The number of halogens is 2. The van der Waals surface area contributed by atoms with Gasteiger partial charge in [0.05, 0.1) is 6.10 Å². The number of aliphatic hydroxyl groups excluding tert-OH is 3. The fraction of sp³-hybridized carbons (Fsp3) is 0.444. The number of aromatic nitrogens is 1. The Balaban J connectivity index is 2.86. The first-order valence-electron chi connectivity index (χ1n) is 4.35. The summed E-state index contributed by atoms with van der Waals surface area (Å²) >= 11 is 11.3. The molecule has 0 saturated heterocycles. The van der Waals surface area contributed by atoms with E-state index in [0.29, 0.717) is 5.56 Å². The minimum absolute atomic E-state index is 0.0481. The van der Waals surface area contributed by atoms with E-state index in [1.807, 2.05) is 0 Å². The molecule has 1 heterocycles. The molecule has 15 heavy (non-hydrogen) atoms. The molecule has 2 atom stereocenters. The molecule has 2 unspecified atom stereocenters. The minimum atomic E-state index is -1.17.